The van der Waals surface area contributed by atoms with Crippen LogP contribution in [0.4, 0.5) is 0 Å². The number of carbonyl (C=O) groups is 2. The molecule has 0 unspecified atom stereocenters. The highest BCUT2D eigenvalue weighted by Gasteiger charge is 2.30. The second kappa shape index (κ2) is 8.83. The van der Waals surface area contributed by atoms with E-state index in [0.717, 1.165) is 39.9 Å². The maximum absolute atomic E-state index is 13.3. The Labute approximate surface area is 192 Å². The number of pyridine rings is 1. The summed E-state index contributed by atoms with van der Waals surface area (Å²) in [5.41, 5.74) is 3.89. The lowest BCUT2D eigenvalue weighted by atomic mass is 10.0. The number of hydrogen-bond acceptors (Lipinski definition) is 6. The van der Waals surface area contributed by atoms with Crippen LogP contribution in [0.3, 0.4) is 0 Å². The zero-order chi connectivity index (χ0) is 22.9. The van der Waals surface area contributed by atoms with Crippen molar-refractivity contribution in [1.29, 1.82) is 0 Å². The molecule has 33 heavy (non-hydrogen) atoms. The Morgan fingerprint density at radius 3 is 2.67 bits per heavy atom. The number of esters is 1. The van der Waals surface area contributed by atoms with E-state index in [1.807, 2.05) is 56.3 Å². The highest BCUT2D eigenvalue weighted by Crippen LogP contribution is 2.37. The molecule has 7 nitrogen and oxygen atoms in total. The average Bonchev–Trinajstić information content (AvgIpc) is 3.45. The first-order valence-electron chi connectivity index (χ1n) is 11.3. The molecule has 1 aliphatic heterocycles. The number of allylic oxidation sites excluding steroid dienone is 1. The average molecular weight is 447 g/mol. The highest BCUT2D eigenvalue weighted by molar-refractivity contribution is 6.07. The Balaban J connectivity index is 1.43. The zero-order valence-electron chi connectivity index (χ0n) is 18.7. The Bertz CT molecular complexity index is 1220. The van der Waals surface area contributed by atoms with Crippen LogP contribution in [0.2, 0.25) is 0 Å². The number of furan rings is 1. The fraction of sp³-hybridized carbons (Fsp3) is 0.346. The van der Waals surface area contributed by atoms with Gasteiger partial charge in [0.15, 0.2) is 6.61 Å². The molecule has 0 N–H and O–H groups in total. The van der Waals surface area contributed by atoms with Crippen molar-refractivity contribution >= 4 is 34.4 Å². The topological polar surface area (TPSA) is 81.9 Å². The molecular weight excluding hydrogens is 420 g/mol. The molecule has 0 spiro atoms. The molecular formula is C26H26N2O5. The number of carbonyl (C=O) groups excluding carboxylic acids is 2. The predicted molar refractivity (Wildman–Crippen MR) is 124 cm³/mol. The van der Waals surface area contributed by atoms with Crippen molar-refractivity contribution in [3.8, 4) is 0 Å². The van der Waals surface area contributed by atoms with Crippen molar-refractivity contribution < 1.29 is 23.5 Å². The Kier molecular flexibility index (Phi) is 5.72. The van der Waals surface area contributed by atoms with E-state index in [0.29, 0.717) is 25.1 Å². The van der Waals surface area contributed by atoms with Crippen molar-refractivity contribution in [1.82, 2.24) is 9.88 Å². The molecule has 0 bridgehead atoms. The summed E-state index contributed by atoms with van der Waals surface area (Å²) >= 11 is 0. The smallest absolute Gasteiger partial charge is 0.339 e. The molecule has 5 rings (SSSR count). The third-order valence-electron chi connectivity index (χ3n) is 6.10. The molecule has 2 atom stereocenters. The van der Waals surface area contributed by atoms with Crippen LogP contribution in [0.5, 0.6) is 0 Å². The molecule has 7 heteroatoms. The molecule has 1 saturated heterocycles. The van der Waals surface area contributed by atoms with Gasteiger partial charge < -0.3 is 18.8 Å². The summed E-state index contributed by atoms with van der Waals surface area (Å²) in [5.74, 6) is 0.0436. The lowest BCUT2D eigenvalue weighted by Gasteiger charge is -2.35. The number of nitrogens with zero attached hydrogens (tertiary/aromatic N) is 2. The van der Waals surface area contributed by atoms with Crippen molar-refractivity contribution in [2.75, 3.05) is 19.7 Å². The number of ether oxygens (including phenoxy) is 2. The van der Waals surface area contributed by atoms with Crippen molar-refractivity contribution in [3.05, 3.63) is 65.2 Å². The summed E-state index contributed by atoms with van der Waals surface area (Å²) in [6, 6.07) is 11.3. The molecule has 1 amide bonds. The minimum absolute atomic E-state index is 0.0415. The number of para-hydroxylation sites is 1. The molecule has 1 aromatic carbocycles. The van der Waals surface area contributed by atoms with E-state index in [1.165, 1.54) is 0 Å². The first kappa shape index (κ1) is 21.4. The van der Waals surface area contributed by atoms with E-state index in [1.54, 1.807) is 11.2 Å². The Hall–Kier alpha value is -3.45. The van der Waals surface area contributed by atoms with Gasteiger partial charge in [-0.3, -0.25) is 4.79 Å². The standard InChI is InChI=1S/C26H26N2O5/c1-16-13-28(14-17(2)33-16)23(29)15-32-26(30)24-20-7-3-4-8-22(20)27-25-18(9-10-21(24)25)12-19-6-5-11-31-19/h3-8,11-12,16-17H,9-10,13-15H2,1-2H3/b18-12-/t16-,17-/m0/s1. The molecule has 0 saturated carbocycles. The van der Waals surface area contributed by atoms with Crippen molar-refractivity contribution in [3.63, 3.8) is 0 Å². The van der Waals surface area contributed by atoms with Crippen LogP contribution < -0.4 is 0 Å². The van der Waals surface area contributed by atoms with Crippen LogP contribution in [-0.4, -0.2) is 53.7 Å². The van der Waals surface area contributed by atoms with Crippen LogP contribution in [-0.2, 0) is 20.7 Å². The number of aromatic nitrogens is 1. The van der Waals surface area contributed by atoms with E-state index in [2.05, 4.69) is 0 Å². The van der Waals surface area contributed by atoms with Crippen LogP contribution >= 0.6 is 0 Å². The molecule has 3 aromatic rings. The third-order valence-corrected chi connectivity index (χ3v) is 6.10. The molecule has 1 fully saturated rings. The molecule has 2 aromatic heterocycles. The van der Waals surface area contributed by atoms with Crippen LogP contribution in [0.15, 0.2) is 47.1 Å². The first-order chi connectivity index (χ1) is 16.0. The minimum Gasteiger partial charge on any atom is -0.465 e. The fourth-order valence-corrected chi connectivity index (χ4v) is 4.73. The van der Waals surface area contributed by atoms with Crippen LogP contribution in [0, 0.1) is 0 Å². The van der Waals surface area contributed by atoms with Gasteiger partial charge in [-0.1, -0.05) is 18.2 Å². The van der Waals surface area contributed by atoms with Crippen LogP contribution in [0.25, 0.3) is 22.6 Å². The normalized spacial score (nSPS) is 21.4. The number of rotatable bonds is 4. The van der Waals surface area contributed by atoms with E-state index in [-0.39, 0.29) is 24.7 Å². The van der Waals surface area contributed by atoms with Gasteiger partial charge in [-0.05, 0) is 62.1 Å². The molecule has 2 aliphatic rings. The number of fused-ring (bicyclic) bond motifs is 2. The Morgan fingerprint density at radius 1 is 1.12 bits per heavy atom. The van der Waals surface area contributed by atoms with Gasteiger partial charge in [-0.15, -0.1) is 0 Å². The van der Waals surface area contributed by atoms with Crippen molar-refractivity contribution in [2.24, 2.45) is 0 Å². The monoisotopic (exact) mass is 446 g/mol. The fourth-order valence-electron chi connectivity index (χ4n) is 4.73. The summed E-state index contributed by atoms with van der Waals surface area (Å²) in [7, 11) is 0. The molecule has 1 aliphatic carbocycles. The maximum atomic E-state index is 13.3. The maximum Gasteiger partial charge on any atom is 0.339 e. The lowest BCUT2D eigenvalue weighted by Crippen LogP contribution is -2.49. The quantitative estimate of drug-likeness (QED) is 0.561. The van der Waals surface area contributed by atoms with E-state index >= 15 is 0 Å². The number of morpholine rings is 1. The van der Waals surface area contributed by atoms with E-state index in [4.69, 9.17) is 18.9 Å². The van der Waals surface area contributed by atoms with Gasteiger partial charge in [0.2, 0.25) is 0 Å². The van der Waals surface area contributed by atoms with Gasteiger partial charge in [-0.2, -0.15) is 0 Å². The summed E-state index contributed by atoms with van der Waals surface area (Å²) < 4.78 is 16.7. The van der Waals surface area contributed by atoms with E-state index < -0.39 is 5.97 Å². The van der Waals surface area contributed by atoms with Gasteiger partial charge in [-0.25, -0.2) is 9.78 Å². The lowest BCUT2D eigenvalue weighted by molar-refractivity contribution is -0.146. The minimum atomic E-state index is -0.494. The summed E-state index contributed by atoms with van der Waals surface area (Å²) in [5, 5.41) is 0.738. The van der Waals surface area contributed by atoms with Gasteiger partial charge in [0.05, 0.1) is 35.2 Å². The molecule has 3 heterocycles. The van der Waals surface area contributed by atoms with Crippen molar-refractivity contribution in [2.45, 2.75) is 38.9 Å². The third kappa shape index (κ3) is 4.28. The summed E-state index contributed by atoms with van der Waals surface area (Å²) in [6.45, 7) is 4.56. The van der Waals surface area contributed by atoms with Gasteiger partial charge in [0.1, 0.15) is 5.76 Å². The second-order valence-corrected chi connectivity index (χ2v) is 8.65. The number of hydrogen-bond donors (Lipinski definition) is 0. The molecule has 0 radical (unpaired) electrons. The van der Waals surface area contributed by atoms with Crippen LogP contribution in [0.1, 0.15) is 47.6 Å². The number of benzene rings is 1. The molecule has 170 valence electrons. The van der Waals surface area contributed by atoms with Gasteiger partial charge in [0, 0.05) is 18.5 Å². The summed E-state index contributed by atoms with van der Waals surface area (Å²) in [4.78, 5) is 32.5. The second-order valence-electron chi connectivity index (χ2n) is 8.65. The van der Waals surface area contributed by atoms with E-state index in [9.17, 15) is 9.59 Å². The van der Waals surface area contributed by atoms with Gasteiger partial charge in [0.25, 0.3) is 5.91 Å². The first-order valence-corrected chi connectivity index (χ1v) is 11.3. The van der Waals surface area contributed by atoms with Gasteiger partial charge >= 0.3 is 5.97 Å². The highest BCUT2D eigenvalue weighted by atomic mass is 16.5. The predicted octanol–water partition coefficient (Wildman–Crippen LogP) is 4.11. The summed E-state index contributed by atoms with van der Waals surface area (Å²) in [6.07, 6.45) is 4.94. The zero-order valence-corrected chi connectivity index (χ0v) is 18.7. The SMILES string of the molecule is C[C@H]1CN(C(=O)COC(=O)c2c3c(nc4ccccc24)/C(=C\c2ccco2)CC3)C[C@H](C)O1. The largest absolute Gasteiger partial charge is 0.465 e. The Morgan fingerprint density at radius 2 is 1.91 bits per heavy atom. The number of amides is 1.